The van der Waals surface area contributed by atoms with Gasteiger partial charge in [-0.15, -0.1) is 0 Å². The highest BCUT2D eigenvalue weighted by molar-refractivity contribution is 6.02. The second-order valence-electron chi connectivity index (χ2n) is 5.78. The van der Waals surface area contributed by atoms with Crippen LogP contribution in [0.15, 0.2) is 36.8 Å². The minimum absolute atomic E-state index is 0.109. The topological polar surface area (TPSA) is 54.2 Å². The summed E-state index contributed by atoms with van der Waals surface area (Å²) in [5, 5.41) is 15.8. The Bertz CT molecular complexity index is 825. The highest BCUT2D eigenvalue weighted by atomic mass is 16.3. The van der Waals surface area contributed by atoms with E-state index in [-0.39, 0.29) is 6.61 Å². The zero-order valence-corrected chi connectivity index (χ0v) is 13.8. The van der Waals surface area contributed by atoms with Crippen LogP contribution in [0.2, 0.25) is 0 Å². The number of likely N-dealkylation sites (N-methyl/N-ethyl adjacent to an activating group) is 1. The fraction of sp³-hybridized carbons (Fsp3) is 0.333. The number of hydrogen-bond acceptors (Lipinski definition) is 4. The van der Waals surface area contributed by atoms with Gasteiger partial charge in [-0.25, -0.2) is 4.98 Å². The molecule has 0 bridgehead atoms. The number of pyridine rings is 1. The van der Waals surface area contributed by atoms with Crippen molar-refractivity contribution in [1.82, 2.24) is 14.8 Å². The molecule has 2 aromatic heterocycles. The van der Waals surface area contributed by atoms with Crippen LogP contribution in [0, 0.1) is 0 Å². The molecule has 5 heteroatoms. The van der Waals surface area contributed by atoms with Crippen molar-refractivity contribution >= 4 is 16.6 Å². The molecule has 0 atom stereocenters. The summed E-state index contributed by atoms with van der Waals surface area (Å²) in [7, 11) is 3.87. The lowest BCUT2D eigenvalue weighted by Crippen LogP contribution is -2.22. The monoisotopic (exact) mass is 310 g/mol. The van der Waals surface area contributed by atoms with Gasteiger partial charge in [0.1, 0.15) is 5.82 Å². The summed E-state index contributed by atoms with van der Waals surface area (Å²) >= 11 is 0. The van der Waals surface area contributed by atoms with Crippen LogP contribution in [-0.2, 0) is 13.5 Å². The molecule has 0 radical (unpaired) electrons. The van der Waals surface area contributed by atoms with Crippen LogP contribution in [-0.4, -0.2) is 40.1 Å². The molecule has 0 aliphatic rings. The van der Waals surface area contributed by atoms with Crippen molar-refractivity contribution in [3.05, 3.63) is 42.4 Å². The van der Waals surface area contributed by atoms with Crippen molar-refractivity contribution in [2.45, 2.75) is 13.3 Å². The summed E-state index contributed by atoms with van der Waals surface area (Å²) in [4.78, 5) is 6.66. The largest absolute Gasteiger partial charge is 0.395 e. The predicted octanol–water partition coefficient (Wildman–Crippen LogP) is 2.63. The van der Waals surface area contributed by atoms with E-state index in [9.17, 15) is 5.11 Å². The molecular formula is C18H22N4O. The number of hydrogen-bond donors (Lipinski definition) is 1. The molecule has 1 N–H and O–H groups in total. The van der Waals surface area contributed by atoms with Gasteiger partial charge in [-0.3, -0.25) is 4.68 Å². The Morgan fingerprint density at radius 2 is 2.04 bits per heavy atom. The maximum absolute atomic E-state index is 9.23. The van der Waals surface area contributed by atoms with Crippen molar-refractivity contribution in [3.63, 3.8) is 0 Å². The van der Waals surface area contributed by atoms with Gasteiger partial charge in [0.25, 0.3) is 0 Å². The maximum atomic E-state index is 9.23. The van der Waals surface area contributed by atoms with Crippen LogP contribution in [0.3, 0.4) is 0 Å². The Balaban J connectivity index is 2.23. The number of benzene rings is 1. The second kappa shape index (κ2) is 6.38. The number of nitrogens with zero attached hydrogens (tertiary/aromatic N) is 4. The Hall–Kier alpha value is -2.40. The molecule has 0 aliphatic carbocycles. The third kappa shape index (κ3) is 2.92. The average molecular weight is 310 g/mol. The number of rotatable bonds is 5. The van der Waals surface area contributed by atoms with Crippen molar-refractivity contribution in [2.75, 3.05) is 25.1 Å². The van der Waals surface area contributed by atoms with Crippen molar-refractivity contribution < 1.29 is 5.11 Å². The van der Waals surface area contributed by atoms with Gasteiger partial charge in [0.05, 0.1) is 12.8 Å². The number of anilines is 1. The van der Waals surface area contributed by atoms with Gasteiger partial charge in [0.15, 0.2) is 0 Å². The maximum Gasteiger partial charge on any atom is 0.136 e. The van der Waals surface area contributed by atoms with Gasteiger partial charge in [0.2, 0.25) is 0 Å². The molecule has 120 valence electrons. The first-order valence-corrected chi connectivity index (χ1v) is 7.86. The lowest BCUT2D eigenvalue weighted by atomic mass is 10.00. The van der Waals surface area contributed by atoms with Crippen LogP contribution < -0.4 is 4.90 Å². The molecule has 3 aromatic rings. The SMILES string of the molecule is CCc1ccc2c(-c3cnn(C)c3)cnc(N(C)CCO)c2c1. The summed E-state index contributed by atoms with van der Waals surface area (Å²) in [5.74, 6) is 0.900. The molecule has 23 heavy (non-hydrogen) atoms. The minimum Gasteiger partial charge on any atom is -0.395 e. The van der Waals surface area contributed by atoms with E-state index >= 15 is 0 Å². The minimum atomic E-state index is 0.109. The van der Waals surface area contributed by atoms with Crippen LogP contribution in [0.25, 0.3) is 21.9 Å². The van der Waals surface area contributed by atoms with Crippen LogP contribution in [0.1, 0.15) is 12.5 Å². The molecule has 0 spiro atoms. The quantitative estimate of drug-likeness (QED) is 0.787. The second-order valence-corrected chi connectivity index (χ2v) is 5.78. The van der Waals surface area contributed by atoms with Gasteiger partial charge in [-0.05, 0) is 23.4 Å². The van der Waals surface area contributed by atoms with Crippen molar-refractivity contribution in [3.8, 4) is 11.1 Å². The van der Waals surface area contributed by atoms with E-state index in [1.54, 1.807) is 4.68 Å². The molecule has 0 unspecified atom stereocenters. The van der Waals surface area contributed by atoms with Crippen molar-refractivity contribution in [1.29, 1.82) is 0 Å². The summed E-state index contributed by atoms with van der Waals surface area (Å²) in [6, 6.07) is 6.53. The molecule has 0 amide bonds. The Morgan fingerprint density at radius 3 is 2.70 bits per heavy atom. The van der Waals surface area contributed by atoms with E-state index in [1.165, 1.54) is 5.56 Å². The van der Waals surface area contributed by atoms with Gasteiger partial charge < -0.3 is 10.0 Å². The molecule has 1 aromatic carbocycles. The van der Waals surface area contributed by atoms with Crippen LogP contribution >= 0.6 is 0 Å². The van der Waals surface area contributed by atoms with Crippen molar-refractivity contribution in [2.24, 2.45) is 7.05 Å². The van der Waals surface area contributed by atoms with Gasteiger partial charge >= 0.3 is 0 Å². The third-order valence-corrected chi connectivity index (χ3v) is 4.15. The first-order chi connectivity index (χ1) is 11.1. The standard InChI is InChI=1S/C18H22N4O/c1-4-13-5-6-15-16(9-13)18(21(2)7-8-23)19-11-17(15)14-10-20-22(3)12-14/h5-6,9-12,23H,4,7-8H2,1-3H3. The fourth-order valence-corrected chi connectivity index (χ4v) is 2.85. The van der Waals surface area contributed by atoms with E-state index < -0.39 is 0 Å². The number of aliphatic hydroxyl groups excluding tert-OH is 1. The molecule has 0 saturated heterocycles. The lowest BCUT2D eigenvalue weighted by Gasteiger charge is -2.20. The highest BCUT2D eigenvalue weighted by Crippen LogP contribution is 2.33. The van der Waals surface area contributed by atoms with E-state index in [2.05, 4.69) is 35.2 Å². The molecule has 0 saturated carbocycles. The van der Waals surface area contributed by atoms with E-state index in [4.69, 9.17) is 0 Å². The molecule has 0 aliphatic heterocycles. The Kier molecular flexibility index (Phi) is 4.30. The van der Waals surface area contributed by atoms with E-state index in [0.717, 1.165) is 34.1 Å². The zero-order chi connectivity index (χ0) is 16.4. The summed E-state index contributed by atoms with van der Waals surface area (Å²) in [5.41, 5.74) is 3.42. The Morgan fingerprint density at radius 1 is 1.22 bits per heavy atom. The number of aromatic nitrogens is 3. The molecule has 5 nitrogen and oxygen atoms in total. The van der Waals surface area contributed by atoms with E-state index in [1.807, 2.05) is 37.6 Å². The summed E-state index contributed by atoms with van der Waals surface area (Å²) < 4.78 is 1.80. The average Bonchev–Trinajstić information content (AvgIpc) is 2.99. The number of fused-ring (bicyclic) bond motifs is 1. The Labute approximate surface area is 136 Å². The first kappa shape index (κ1) is 15.5. The lowest BCUT2D eigenvalue weighted by molar-refractivity contribution is 0.304. The zero-order valence-electron chi connectivity index (χ0n) is 13.8. The summed E-state index contributed by atoms with van der Waals surface area (Å²) in [6.45, 7) is 2.82. The van der Waals surface area contributed by atoms with Crippen LogP contribution in [0.5, 0.6) is 0 Å². The number of aliphatic hydroxyl groups is 1. The smallest absolute Gasteiger partial charge is 0.136 e. The highest BCUT2D eigenvalue weighted by Gasteiger charge is 2.13. The van der Waals surface area contributed by atoms with Gasteiger partial charge in [-0.2, -0.15) is 5.10 Å². The normalized spacial score (nSPS) is 11.1. The first-order valence-electron chi connectivity index (χ1n) is 7.86. The molecular weight excluding hydrogens is 288 g/mol. The summed E-state index contributed by atoms with van der Waals surface area (Å²) in [6.07, 6.45) is 6.74. The molecule has 3 rings (SSSR count). The third-order valence-electron chi connectivity index (χ3n) is 4.15. The fourth-order valence-electron chi connectivity index (χ4n) is 2.85. The van der Waals surface area contributed by atoms with Gasteiger partial charge in [0, 0.05) is 49.5 Å². The van der Waals surface area contributed by atoms with Gasteiger partial charge in [-0.1, -0.05) is 19.1 Å². The van der Waals surface area contributed by atoms with E-state index in [0.29, 0.717) is 6.54 Å². The van der Waals surface area contributed by atoms with Crippen LogP contribution in [0.4, 0.5) is 5.82 Å². The number of aryl methyl sites for hydroxylation is 2. The molecule has 2 heterocycles. The molecule has 0 fully saturated rings. The predicted molar refractivity (Wildman–Crippen MR) is 93.7 cm³/mol.